The second-order valence-corrected chi connectivity index (χ2v) is 5.66. The van der Waals surface area contributed by atoms with Crippen molar-refractivity contribution >= 4 is 23.5 Å². The standard InChI is InChI=1S/C13H16ClN7O2/c1-18-11(15-9-17-18)2-3-19-8-12(22)21(13(19)23)5-4-20-7-10(14)6-16-20/h6-7,9H,2-5,8H2,1H3. The van der Waals surface area contributed by atoms with Crippen LogP contribution in [0, 0.1) is 0 Å². The van der Waals surface area contributed by atoms with E-state index < -0.39 is 0 Å². The molecule has 2 aromatic heterocycles. The summed E-state index contributed by atoms with van der Waals surface area (Å²) in [6.07, 6.45) is 5.19. The van der Waals surface area contributed by atoms with Crippen molar-refractivity contribution < 1.29 is 9.59 Å². The first-order valence-electron chi connectivity index (χ1n) is 7.14. The normalized spacial score (nSPS) is 15.0. The molecule has 0 atom stereocenters. The van der Waals surface area contributed by atoms with Gasteiger partial charge in [0.15, 0.2) is 0 Å². The van der Waals surface area contributed by atoms with Crippen molar-refractivity contribution in [3.05, 3.63) is 29.6 Å². The third-order valence-corrected chi connectivity index (χ3v) is 3.89. The Kier molecular flexibility index (Phi) is 4.28. The predicted molar refractivity (Wildman–Crippen MR) is 80.6 cm³/mol. The maximum absolute atomic E-state index is 12.3. The molecule has 1 saturated heterocycles. The van der Waals surface area contributed by atoms with Gasteiger partial charge in [0.05, 0.1) is 24.3 Å². The van der Waals surface area contributed by atoms with Crippen molar-refractivity contribution in [2.75, 3.05) is 19.6 Å². The van der Waals surface area contributed by atoms with Gasteiger partial charge in [-0.2, -0.15) is 10.2 Å². The van der Waals surface area contributed by atoms with Crippen molar-refractivity contribution in [3.63, 3.8) is 0 Å². The Hall–Kier alpha value is -2.42. The van der Waals surface area contributed by atoms with Crippen molar-refractivity contribution in [1.82, 2.24) is 34.3 Å². The smallest absolute Gasteiger partial charge is 0.315 e. The molecule has 3 amide bonds. The summed E-state index contributed by atoms with van der Waals surface area (Å²) < 4.78 is 3.26. The van der Waals surface area contributed by atoms with Crippen LogP contribution in [-0.4, -0.2) is 65.9 Å². The molecule has 122 valence electrons. The highest BCUT2D eigenvalue weighted by molar-refractivity contribution is 6.30. The molecule has 0 spiro atoms. The van der Waals surface area contributed by atoms with E-state index in [1.165, 1.54) is 22.3 Å². The zero-order valence-electron chi connectivity index (χ0n) is 12.6. The van der Waals surface area contributed by atoms with Gasteiger partial charge in [-0.1, -0.05) is 11.6 Å². The van der Waals surface area contributed by atoms with Gasteiger partial charge in [-0.3, -0.25) is 19.1 Å². The molecular formula is C13H16ClN7O2. The summed E-state index contributed by atoms with van der Waals surface area (Å²) in [6, 6.07) is -0.282. The lowest BCUT2D eigenvalue weighted by Gasteiger charge is -2.16. The summed E-state index contributed by atoms with van der Waals surface area (Å²) in [5.74, 6) is 0.570. The number of nitrogens with zero attached hydrogens (tertiary/aromatic N) is 7. The van der Waals surface area contributed by atoms with Crippen LogP contribution in [0.15, 0.2) is 18.7 Å². The molecule has 3 rings (SSSR count). The largest absolute Gasteiger partial charge is 0.327 e. The Balaban J connectivity index is 1.55. The number of halogens is 1. The first-order chi connectivity index (χ1) is 11.0. The van der Waals surface area contributed by atoms with Crippen LogP contribution in [0.1, 0.15) is 5.82 Å². The number of carbonyl (C=O) groups excluding carboxylic acids is 2. The minimum absolute atomic E-state index is 0.0938. The van der Waals surface area contributed by atoms with Gasteiger partial charge < -0.3 is 4.90 Å². The van der Waals surface area contributed by atoms with Crippen molar-refractivity contribution in [2.45, 2.75) is 13.0 Å². The van der Waals surface area contributed by atoms with E-state index in [0.717, 1.165) is 5.82 Å². The van der Waals surface area contributed by atoms with Crippen molar-refractivity contribution in [1.29, 1.82) is 0 Å². The van der Waals surface area contributed by atoms with E-state index in [2.05, 4.69) is 15.2 Å². The number of urea groups is 1. The maximum Gasteiger partial charge on any atom is 0.327 e. The van der Waals surface area contributed by atoms with Crippen LogP contribution < -0.4 is 0 Å². The number of hydrogen-bond acceptors (Lipinski definition) is 5. The quantitative estimate of drug-likeness (QED) is 0.701. The highest BCUT2D eigenvalue weighted by Gasteiger charge is 2.35. The summed E-state index contributed by atoms with van der Waals surface area (Å²) in [6.45, 7) is 1.22. The molecule has 0 radical (unpaired) electrons. The Morgan fingerprint density at radius 1 is 1.22 bits per heavy atom. The number of amides is 3. The molecule has 1 aliphatic heterocycles. The summed E-state index contributed by atoms with van der Waals surface area (Å²) >= 11 is 5.79. The number of rotatable bonds is 6. The third-order valence-electron chi connectivity index (χ3n) is 3.69. The first kappa shape index (κ1) is 15.5. The molecule has 23 heavy (non-hydrogen) atoms. The molecule has 0 unspecified atom stereocenters. The van der Waals surface area contributed by atoms with Gasteiger partial charge in [0.25, 0.3) is 0 Å². The summed E-state index contributed by atoms with van der Waals surface area (Å²) in [5.41, 5.74) is 0. The van der Waals surface area contributed by atoms with E-state index in [1.807, 2.05) is 0 Å². The molecule has 0 bridgehead atoms. The van der Waals surface area contributed by atoms with Crippen LogP contribution in [0.2, 0.25) is 5.02 Å². The molecule has 1 fully saturated rings. The Bertz CT molecular complexity index is 725. The number of aryl methyl sites for hydroxylation is 1. The molecule has 3 heterocycles. The van der Waals surface area contributed by atoms with E-state index >= 15 is 0 Å². The maximum atomic E-state index is 12.3. The lowest BCUT2D eigenvalue weighted by Crippen LogP contribution is -2.36. The van der Waals surface area contributed by atoms with E-state index in [4.69, 9.17) is 11.6 Å². The monoisotopic (exact) mass is 337 g/mol. The average molecular weight is 338 g/mol. The molecule has 0 aliphatic carbocycles. The van der Waals surface area contributed by atoms with E-state index in [9.17, 15) is 9.59 Å². The van der Waals surface area contributed by atoms with Gasteiger partial charge in [-0.15, -0.1) is 0 Å². The van der Waals surface area contributed by atoms with Crippen molar-refractivity contribution in [3.8, 4) is 0 Å². The van der Waals surface area contributed by atoms with Gasteiger partial charge in [0, 0.05) is 26.2 Å². The molecule has 0 N–H and O–H groups in total. The summed E-state index contributed by atoms with van der Waals surface area (Å²) in [4.78, 5) is 31.2. The zero-order chi connectivity index (χ0) is 16.4. The number of hydrogen-bond donors (Lipinski definition) is 0. The van der Waals surface area contributed by atoms with Gasteiger partial charge in [-0.25, -0.2) is 9.78 Å². The Labute approximate surface area is 137 Å². The van der Waals surface area contributed by atoms with Crippen molar-refractivity contribution in [2.24, 2.45) is 7.05 Å². The minimum atomic E-state index is -0.282. The molecule has 0 aromatic carbocycles. The topological polar surface area (TPSA) is 89.2 Å². The molecule has 9 nitrogen and oxygen atoms in total. The summed E-state index contributed by atoms with van der Waals surface area (Å²) in [5, 5.41) is 8.53. The number of imide groups is 1. The molecule has 0 saturated carbocycles. The van der Waals surface area contributed by atoms with Crippen LogP contribution >= 0.6 is 11.6 Å². The number of carbonyl (C=O) groups is 2. The fraction of sp³-hybridized carbons (Fsp3) is 0.462. The highest BCUT2D eigenvalue weighted by atomic mass is 35.5. The van der Waals surface area contributed by atoms with Crippen LogP contribution in [0.5, 0.6) is 0 Å². The van der Waals surface area contributed by atoms with Crippen LogP contribution in [0.25, 0.3) is 0 Å². The minimum Gasteiger partial charge on any atom is -0.315 e. The zero-order valence-corrected chi connectivity index (χ0v) is 13.3. The molecular weight excluding hydrogens is 322 g/mol. The highest BCUT2D eigenvalue weighted by Crippen LogP contribution is 2.12. The third kappa shape index (κ3) is 3.34. The van der Waals surface area contributed by atoms with E-state index in [1.54, 1.807) is 22.6 Å². The fourth-order valence-electron chi connectivity index (χ4n) is 2.43. The lowest BCUT2D eigenvalue weighted by atomic mass is 10.3. The molecule has 1 aliphatic rings. The first-order valence-corrected chi connectivity index (χ1v) is 7.52. The van der Waals surface area contributed by atoms with E-state index in [-0.39, 0.29) is 25.0 Å². The van der Waals surface area contributed by atoms with Gasteiger partial charge in [-0.05, 0) is 0 Å². The van der Waals surface area contributed by atoms with Crippen LogP contribution in [0.3, 0.4) is 0 Å². The molecule has 10 heteroatoms. The number of aromatic nitrogens is 5. The Morgan fingerprint density at radius 3 is 2.70 bits per heavy atom. The average Bonchev–Trinajstić information content (AvgIpc) is 3.17. The van der Waals surface area contributed by atoms with E-state index in [0.29, 0.717) is 24.5 Å². The Morgan fingerprint density at radius 2 is 2.04 bits per heavy atom. The van der Waals surface area contributed by atoms with Gasteiger partial charge >= 0.3 is 6.03 Å². The fourth-order valence-corrected chi connectivity index (χ4v) is 2.59. The van der Waals surface area contributed by atoms with Gasteiger partial charge in [0.2, 0.25) is 5.91 Å². The van der Waals surface area contributed by atoms with Crippen LogP contribution in [0.4, 0.5) is 4.79 Å². The summed E-state index contributed by atoms with van der Waals surface area (Å²) in [7, 11) is 1.79. The second kappa shape index (κ2) is 6.37. The second-order valence-electron chi connectivity index (χ2n) is 5.22. The van der Waals surface area contributed by atoms with Gasteiger partial charge in [0.1, 0.15) is 18.7 Å². The van der Waals surface area contributed by atoms with Crippen LogP contribution in [-0.2, 0) is 24.8 Å². The predicted octanol–water partition coefficient (Wildman–Crippen LogP) is 0.172. The lowest BCUT2D eigenvalue weighted by molar-refractivity contribution is -0.125. The SMILES string of the molecule is Cn1ncnc1CCN1CC(=O)N(CCn2cc(Cl)cn2)C1=O. The molecule has 2 aromatic rings.